The summed E-state index contributed by atoms with van der Waals surface area (Å²) in [5.41, 5.74) is 2.75. The number of Topliss-reactive ketones (excluding diaryl/α,β-unsaturated/α-hetero) is 1. The largest absolute Gasteiger partial charge is 0.489 e. The van der Waals surface area contributed by atoms with Crippen molar-refractivity contribution >= 4 is 11.8 Å². The number of carboxylic acids is 1. The van der Waals surface area contributed by atoms with E-state index in [0.29, 0.717) is 12.2 Å². The monoisotopic (exact) mass is 296 g/mol. The van der Waals surface area contributed by atoms with Crippen LogP contribution in [0.4, 0.5) is 0 Å². The van der Waals surface area contributed by atoms with Gasteiger partial charge >= 0.3 is 5.97 Å². The van der Waals surface area contributed by atoms with Gasteiger partial charge in [0, 0.05) is 17.5 Å². The van der Waals surface area contributed by atoms with Crippen molar-refractivity contribution in [2.24, 2.45) is 0 Å². The van der Waals surface area contributed by atoms with E-state index in [2.05, 4.69) is 0 Å². The first-order valence-electron chi connectivity index (χ1n) is 7.25. The van der Waals surface area contributed by atoms with Gasteiger partial charge in [-0.1, -0.05) is 24.3 Å². The molecule has 0 saturated heterocycles. The number of ketones is 1. The number of carbonyl (C=O) groups excluding carboxylic acids is 1. The Balaban J connectivity index is 1.80. The maximum absolute atomic E-state index is 11.9. The number of carbonyl (C=O) groups is 2. The normalized spacial score (nSPS) is 13.5. The molecular formula is C18H16O4. The minimum atomic E-state index is -0.954. The van der Waals surface area contributed by atoms with Crippen molar-refractivity contribution in [2.75, 3.05) is 0 Å². The summed E-state index contributed by atoms with van der Waals surface area (Å²) in [4.78, 5) is 22.9. The van der Waals surface area contributed by atoms with Crippen LogP contribution in [0.3, 0.4) is 0 Å². The third-order valence-electron chi connectivity index (χ3n) is 3.83. The summed E-state index contributed by atoms with van der Waals surface area (Å²) in [5.74, 6) is -0.0737. The van der Waals surface area contributed by atoms with Crippen LogP contribution in [-0.2, 0) is 13.0 Å². The molecule has 2 aromatic carbocycles. The zero-order chi connectivity index (χ0) is 15.5. The molecule has 0 amide bonds. The minimum absolute atomic E-state index is 0.166. The molecule has 0 aromatic heterocycles. The molecule has 0 aliphatic heterocycles. The van der Waals surface area contributed by atoms with Crippen LogP contribution >= 0.6 is 0 Å². The van der Waals surface area contributed by atoms with Crippen LogP contribution in [0.2, 0.25) is 0 Å². The first-order valence-corrected chi connectivity index (χ1v) is 7.25. The molecule has 0 saturated carbocycles. The molecule has 0 unspecified atom stereocenters. The summed E-state index contributed by atoms with van der Waals surface area (Å²) < 4.78 is 5.83. The minimum Gasteiger partial charge on any atom is -0.489 e. The van der Waals surface area contributed by atoms with E-state index in [0.717, 1.165) is 29.5 Å². The highest BCUT2D eigenvalue weighted by Gasteiger charge is 2.20. The molecule has 22 heavy (non-hydrogen) atoms. The first-order chi connectivity index (χ1) is 10.6. The molecule has 1 aliphatic carbocycles. The van der Waals surface area contributed by atoms with E-state index in [1.807, 2.05) is 24.3 Å². The lowest BCUT2D eigenvalue weighted by molar-refractivity contribution is 0.0696. The number of fused-ring (bicyclic) bond motifs is 1. The summed E-state index contributed by atoms with van der Waals surface area (Å²) in [6, 6.07) is 12.2. The van der Waals surface area contributed by atoms with Crippen molar-refractivity contribution < 1.29 is 19.4 Å². The number of carboxylic acid groups (broad SMARTS) is 1. The van der Waals surface area contributed by atoms with Gasteiger partial charge in [-0.05, 0) is 36.6 Å². The Bertz CT molecular complexity index is 734. The summed E-state index contributed by atoms with van der Waals surface area (Å²) in [6.07, 6.45) is 2.28. The van der Waals surface area contributed by atoms with Crippen LogP contribution < -0.4 is 4.74 Å². The fourth-order valence-electron chi connectivity index (χ4n) is 2.74. The molecule has 0 atom stereocenters. The van der Waals surface area contributed by atoms with E-state index in [4.69, 9.17) is 9.84 Å². The lowest BCUT2D eigenvalue weighted by Crippen LogP contribution is -2.12. The Morgan fingerprint density at radius 1 is 1.14 bits per heavy atom. The van der Waals surface area contributed by atoms with Crippen LogP contribution in [0.1, 0.15) is 44.7 Å². The Morgan fingerprint density at radius 2 is 1.95 bits per heavy atom. The Labute approximate surface area is 128 Å². The van der Waals surface area contributed by atoms with E-state index in [1.54, 1.807) is 18.2 Å². The Morgan fingerprint density at radius 3 is 2.77 bits per heavy atom. The molecule has 0 heterocycles. The topological polar surface area (TPSA) is 63.6 Å². The van der Waals surface area contributed by atoms with Crippen LogP contribution in [0.5, 0.6) is 5.75 Å². The smallest absolute Gasteiger partial charge is 0.335 e. The summed E-state index contributed by atoms with van der Waals surface area (Å²) >= 11 is 0. The van der Waals surface area contributed by atoms with E-state index in [1.165, 1.54) is 0 Å². The SMILES string of the molecule is O=C(O)c1cccc(COc2cccc3c2CCCC3=O)c1. The number of rotatable bonds is 4. The molecule has 0 fully saturated rings. The predicted molar refractivity (Wildman–Crippen MR) is 81.4 cm³/mol. The molecular weight excluding hydrogens is 280 g/mol. The van der Waals surface area contributed by atoms with Gasteiger partial charge in [-0.15, -0.1) is 0 Å². The third-order valence-corrected chi connectivity index (χ3v) is 3.83. The summed E-state index contributed by atoms with van der Waals surface area (Å²) in [6.45, 7) is 0.283. The average Bonchev–Trinajstić information content (AvgIpc) is 2.53. The summed E-state index contributed by atoms with van der Waals surface area (Å²) in [5, 5.41) is 9.00. The highest BCUT2D eigenvalue weighted by atomic mass is 16.5. The molecule has 1 N–H and O–H groups in total. The molecule has 0 bridgehead atoms. The standard InChI is InChI=1S/C18H16O4/c19-16-8-2-7-15-14(16)6-3-9-17(15)22-11-12-4-1-5-13(10-12)18(20)21/h1,3-6,9-10H,2,7-8,11H2,(H,20,21). The van der Waals surface area contributed by atoms with Gasteiger partial charge in [0.15, 0.2) is 5.78 Å². The van der Waals surface area contributed by atoms with E-state index in [-0.39, 0.29) is 18.0 Å². The molecule has 2 aromatic rings. The van der Waals surface area contributed by atoms with E-state index >= 15 is 0 Å². The number of ether oxygens (including phenoxy) is 1. The highest BCUT2D eigenvalue weighted by molar-refractivity contribution is 5.99. The molecule has 3 rings (SSSR count). The van der Waals surface area contributed by atoms with Crippen molar-refractivity contribution in [1.29, 1.82) is 0 Å². The van der Waals surface area contributed by atoms with Gasteiger partial charge in [-0.25, -0.2) is 4.79 Å². The van der Waals surface area contributed by atoms with Crippen LogP contribution in [0, 0.1) is 0 Å². The molecule has 1 aliphatic rings. The zero-order valence-electron chi connectivity index (χ0n) is 12.0. The number of hydrogen-bond acceptors (Lipinski definition) is 3. The van der Waals surface area contributed by atoms with E-state index in [9.17, 15) is 9.59 Å². The first kappa shape index (κ1) is 14.3. The average molecular weight is 296 g/mol. The second-order valence-electron chi connectivity index (χ2n) is 5.35. The van der Waals surface area contributed by atoms with Gasteiger partial charge in [0.1, 0.15) is 12.4 Å². The lowest BCUT2D eigenvalue weighted by atomic mass is 9.90. The van der Waals surface area contributed by atoms with Gasteiger partial charge in [-0.2, -0.15) is 0 Å². The molecule has 112 valence electrons. The van der Waals surface area contributed by atoms with Crippen molar-refractivity contribution in [3.05, 3.63) is 64.7 Å². The third kappa shape index (κ3) is 2.86. The van der Waals surface area contributed by atoms with Crippen molar-refractivity contribution in [3.8, 4) is 5.75 Å². The second kappa shape index (κ2) is 6.02. The van der Waals surface area contributed by atoms with E-state index < -0.39 is 5.97 Å². The number of hydrogen-bond donors (Lipinski definition) is 1. The molecule has 4 nitrogen and oxygen atoms in total. The van der Waals surface area contributed by atoms with Crippen molar-refractivity contribution in [3.63, 3.8) is 0 Å². The van der Waals surface area contributed by atoms with Crippen molar-refractivity contribution in [1.82, 2.24) is 0 Å². The molecule has 4 heteroatoms. The summed E-state index contributed by atoms with van der Waals surface area (Å²) in [7, 11) is 0. The zero-order valence-corrected chi connectivity index (χ0v) is 12.0. The highest BCUT2D eigenvalue weighted by Crippen LogP contribution is 2.30. The molecule has 0 spiro atoms. The Hall–Kier alpha value is -2.62. The van der Waals surface area contributed by atoms with Gasteiger partial charge in [0.2, 0.25) is 0 Å². The molecule has 0 radical (unpaired) electrons. The van der Waals surface area contributed by atoms with Gasteiger partial charge < -0.3 is 9.84 Å². The second-order valence-corrected chi connectivity index (χ2v) is 5.35. The van der Waals surface area contributed by atoms with Crippen LogP contribution in [0.15, 0.2) is 42.5 Å². The van der Waals surface area contributed by atoms with Gasteiger partial charge in [0.05, 0.1) is 5.56 Å². The predicted octanol–water partition coefficient (Wildman–Crippen LogP) is 3.48. The number of aromatic carboxylic acids is 1. The fraction of sp³-hybridized carbons (Fsp3) is 0.222. The quantitative estimate of drug-likeness (QED) is 0.938. The fourth-order valence-corrected chi connectivity index (χ4v) is 2.74. The maximum atomic E-state index is 11.9. The Kier molecular flexibility index (Phi) is 3.92. The number of benzene rings is 2. The van der Waals surface area contributed by atoms with Crippen LogP contribution in [0.25, 0.3) is 0 Å². The van der Waals surface area contributed by atoms with Gasteiger partial charge in [-0.3, -0.25) is 4.79 Å². The van der Waals surface area contributed by atoms with Crippen molar-refractivity contribution in [2.45, 2.75) is 25.9 Å². The maximum Gasteiger partial charge on any atom is 0.335 e. The lowest BCUT2D eigenvalue weighted by Gasteiger charge is -2.18. The van der Waals surface area contributed by atoms with Gasteiger partial charge in [0.25, 0.3) is 0 Å². The van der Waals surface area contributed by atoms with Crippen LogP contribution in [-0.4, -0.2) is 16.9 Å².